The van der Waals surface area contributed by atoms with Crippen LogP contribution in [0.4, 0.5) is 5.69 Å². The van der Waals surface area contributed by atoms with Gasteiger partial charge in [-0.05, 0) is 18.6 Å². The number of nitro groups is 1. The smallest absolute Gasteiger partial charge is 0.311 e. The van der Waals surface area contributed by atoms with Gasteiger partial charge in [-0.3, -0.25) is 10.1 Å². The minimum atomic E-state index is -0.452. The molecular weight excluding hydrogens is 278 g/mol. The Hall–Kier alpha value is -1.70. The predicted octanol–water partition coefficient (Wildman–Crippen LogP) is 1.96. The monoisotopic (exact) mass is 299 g/mol. The fourth-order valence-electron chi connectivity index (χ4n) is 1.57. The molecule has 0 bridgehead atoms. The average Bonchev–Trinajstić information content (AvgIpc) is 2.46. The molecule has 0 saturated carbocycles. The molecule has 0 fully saturated rings. The van der Waals surface area contributed by atoms with Gasteiger partial charge < -0.3 is 18.9 Å². The van der Waals surface area contributed by atoms with E-state index in [0.29, 0.717) is 33.0 Å². The summed E-state index contributed by atoms with van der Waals surface area (Å²) < 4.78 is 20.7. The molecule has 118 valence electrons. The van der Waals surface area contributed by atoms with Gasteiger partial charge in [-0.15, -0.1) is 0 Å². The minimum absolute atomic E-state index is 0.0297. The Kier molecular flexibility index (Phi) is 8.34. The number of nitro benzene ring substituents is 1. The van der Waals surface area contributed by atoms with Crippen LogP contribution in [-0.2, 0) is 14.2 Å². The summed E-state index contributed by atoms with van der Waals surface area (Å²) in [6.07, 6.45) is 0. The number of rotatable bonds is 11. The fraction of sp³-hybridized carbons (Fsp3) is 0.571. The number of benzene rings is 1. The van der Waals surface area contributed by atoms with Crippen molar-refractivity contribution in [2.45, 2.75) is 6.92 Å². The third-order valence-electron chi connectivity index (χ3n) is 2.60. The second-order valence-electron chi connectivity index (χ2n) is 4.29. The Morgan fingerprint density at radius 3 is 2.29 bits per heavy atom. The summed E-state index contributed by atoms with van der Waals surface area (Å²) in [5.74, 6) is 0.255. The van der Waals surface area contributed by atoms with Crippen molar-refractivity contribution < 1.29 is 23.9 Å². The third-order valence-corrected chi connectivity index (χ3v) is 2.60. The summed E-state index contributed by atoms with van der Waals surface area (Å²) in [6, 6.07) is 4.86. The van der Waals surface area contributed by atoms with Crippen LogP contribution in [0.25, 0.3) is 0 Å². The van der Waals surface area contributed by atoms with Crippen molar-refractivity contribution in [2.75, 3.05) is 46.8 Å². The molecule has 1 aromatic rings. The Labute approximate surface area is 123 Å². The van der Waals surface area contributed by atoms with Crippen LogP contribution in [0.1, 0.15) is 5.56 Å². The highest BCUT2D eigenvalue weighted by atomic mass is 16.6. The average molecular weight is 299 g/mol. The lowest BCUT2D eigenvalue weighted by Gasteiger charge is -2.08. The molecule has 0 spiro atoms. The normalized spacial score (nSPS) is 10.6. The summed E-state index contributed by atoms with van der Waals surface area (Å²) in [6.45, 7) is 4.41. The van der Waals surface area contributed by atoms with E-state index in [0.717, 1.165) is 5.56 Å². The van der Waals surface area contributed by atoms with E-state index in [1.165, 1.54) is 6.07 Å². The van der Waals surface area contributed by atoms with Crippen LogP contribution >= 0.6 is 0 Å². The topological polar surface area (TPSA) is 80.1 Å². The van der Waals surface area contributed by atoms with Gasteiger partial charge in [0.2, 0.25) is 0 Å². The standard InChI is InChI=1S/C14H21NO6/c1-12-3-4-14(13(11-12)15(16)17)21-10-9-20-8-7-19-6-5-18-2/h3-4,11H,5-10H2,1-2H3. The third kappa shape index (κ3) is 7.03. The Balaban J connectivity index is 2.20. The van der Waals surface area contributed by atoms with E-state index in [1.807, 2.05) is 0 Å². The molecule has 0 aliphatic rings. The van der Waals surface area contributed by atoms with Gasteiger partial charge in [0.25, 0.3) is 0 Å². The zero-order chi connectivity index (χ0) is 15.5. The van der Waals surface area contributed by atoms with Crippen molar-refractivity contribution in [2.24, 2.45) is 0 Å². The Morgan fingerprint density at radius 1 is 1.05 bits per heavy atom. The summed E-state index contributed by atoms with van der Waals surface area (Å²) in [7, 11) is 1.61. The molecule has 0 aliphatic heterocycles. The predicted molar refractivity (Wildman–Crippen MR) is 76.8 cm³/mol. The number of ether oxygens (including phenoxy) is 4. The van der Waals surface area contributed by atoms with E-state index in [4.69, 9.17) is 18.9 Å². The molecule has 0 unspecified atom stereocenters. The second-order valence-corrected chi connectivity index (χ2v) is 4.29. The van der Waals surface area contributed by atoms with E-state index in [1.54, 1.807) is 26.2 Å². The van der Waals surface area contributed by atoms with E-state index in [-0.39, 0.29) is 18.0 Å². The van der Waals surface area contributed by atoms with Crippen molar-refractivity contribution in [1.82, 2.24) is 0 Å². The van der Waals surface area contributed by atoms with Crippen LogP contribution in [0.2, 0.25) is 0 Å². The Bertz CT molecular complexity index is 437. The molecule has 1 aromatic carbocycles. The number of aryl methyl sites for hydroxylation is 1. The van der Waals surface area contributed by atoms with Crippen LogP contribution in [-0.4, -0.2) is 51.7 Å². The highest BCUT2D eigenvalue weighted by Gasteiger charge is 2.14. The second kappa shape index (κ2) is 10.1. The minimum Gasteiger partial charge on any atom is -0.484 e. The molecule has 1 rings (SSSR count). The van der Waals surface area contributed by atoms with Crippen LogP contribution in [0.3, 0.4) is 0 Å². The first-order valence-electron chi connectivity index (χ1n) is 6.67. The summed E-state index contributed by atoms with van der Waals surface area (Å²) >= 11 is 0. The molecule has 0 aliphatic carbocycles. The largest absolute Gasteiger partial charge is 0.484 e. The lowest BCUT2D eigenvalue weighted by molar-refractivity contribution is -0.385. The Morgan fingerprint density at radius 2 is 1.67 bits per heavy atom. The van der Waals surface area contributed by atoms with E-state index in [2.05, 4.69) is 0 Å². The van der Waals surface area contributed by atoms with Gasteiger partial charge in [-0.25, -0.2) is 0 Å². The van der Waals surface area contributed by atoms with Crippen molar-refractivity contribution in [3.63, 3.8) is 0 Å². The number of hydrogen-bond acceptors (Lipinski definition) is 6. The lowest BCUT2D eigenvalue weighted by Crippen LogP contribution is -2.12. The molecule has 0 heterocycles. The van der Waals surface area contributed by atoms with Gasteiger partial charge in [0.15, 0.2) is 5.75 Å². The molecule has 0 N–H and O–H groups in total. The van der Waals surface area contributed by atoms with Crippen molar-refractivity contribution >= 4 is 5.69 Å². The zero-order valence-electron chi connectivity index (χ0n) is 12.4. The van der Waals surface area contributed by atoms with Gasteiger partial charge in [0, 0.05) is 13.2 Å². The van der Waals surface area contributed by atoms with Crippen LogP contribution in [0.15, 0.2) is 18.2 Å². The first-order chi connectivity index (χ1) is 10.1. The SMILES string of the molecule is COCCOCCOCCOc1ccc(C)cc1[N+](=O)[O-]. The summed E-state index contributed by atoms with van der Waals surface area (Å²) in [5, 5.41) is 10.9. The first kappa shape index (κ1) is 17.4. The van der Waals surface area contributed by atoms with E-state index < -0.39 is 4.92 Å². The fourth-order valence-corrected chi connectivity index (χ4v) is 1.57. The van der Waals surface area contributed by atoms with Crippen LogP contribution in [0, 0.1) is 17.0 Å². The summed E-state index contributed by atoms with van der Waals surface area (Å²) in [4.78, 5) is 10.5. The number of hydrogen-bond donors (Lipinski definition) is 0. The molecule has 7 nitrogen and oxygen atoms in total. The molecule has 0 amide bonds. The van der Waals surface area contributed by atoms with Crippen LogP contribution < -0.4 is 4.74 Å². The lowest BCUT2D eigenvalue weighted by atomic mass is 10.2. The zero-order valence-corrected chi connectivity index (χ0v) is 12.4. The quantitative estimate of drug-likeness (QED) is 0.353. The van der Waals surface area contributed by atoms with Crippen molar-refractivity contribution in [3.8, 4) is 5.75 Å². The maximum Gasteiger partial charge on any atom is 0.311 e. The molecular formula is C14H21NO6. The highest BCUT2D eigenvalue weighted by Crippen LogP contribution is 2.27. The molecule has 21 heavy (non-hydrogen) atoms. The van der Waals surface area contributed by atoms with Gasteiger partial charge >= 0.3 is 5.69 Å². The molecule has 0 saturated heterocycles. The van der Waals surface area contributed by atoms with Gasteiger partial charge in [-0.2, -0.15) is 0 Å². The maximum atomic E-state index is 10.9. The van der Waals surface area contributed by atoms with Crippen LogP contribution in [0.5, 0.6) is 5.75 Å². The van der Waals surface area contributed by atoms with Crippen molar-refractivity contribution in [1.29, 1.82) is 0 Å². The molecule has 0 atom stereocenters. The molecule has 7 heteroatoms. The summed E-state index contributed by atoms with van der Waals surface area (Å²) in [5.41, 5.74) is 0.788. The maximum absolute atomic E-state index is 10.9. The van der Waals surface area contributed by atoms with E-state index in [9.17, 15) is 10.1 Å². The first-order valence-corrected chi connectivity index (χ1v) is 6.67. The number of methoxy groups -OCH3 is 1. The van der Waals surface area contributed by atoms with Crippen molar-refractivity contribution in [3.05, 3.63) is 33.9 Å². The number of nitrogens with zero attached hydrogens (tertiary/aromatic N) is 1. The van der Waals surface area contributed by atoms with E-state index >= 15 is 0 Å². The highest BCUT2D eigenvalue weighted by molar-refractivity contribution is 5.48. The molecule has 0 radical (unpaired) electrons. The van der Waals surface area contributed by atoms with Gasteiger partial charge in [0.05, 0.1) is 38.0 Å². The molecule has 0 aromatic heterocycles. The van der Waals surface area contributed by atoms with Gasteiger partial charge in [0.1, 0.15) is 6.61 Å². The van der Waals surface area contributed by atoms with Gasteiger partial charge in [-0.1, -0.05) is 6.07 Å².